The minimum absolute atomic E-state index is 0.105. The molecule has 1 heterocycles. The van der Waals surface area contributed by atoms with E-state index < -0.39 is 5.60 Å². The van der Waals surface area contributed by atoms with Crippen LogP contribution in [-0.2, 0) is 14.2 Å². The highest BCUT2D eigenvalue weighted by atomic mass is 16.7. The van der Waals surface area contributed by atoms with Gasteiger partial charge in [-0.25, -0.2) is 4.79 Å². The quantitative estimate of drug-likeness (QED) is 0.514. The van der Waals surface area contributed by atoms with Crippen LogP contribution >= 0.6 is 0 Å². The molecule has 0 aliphatic carbocycles. The molecule has 1 atom stereocenters. The zero-order valence-corrected chi connectivity index (χ0v) is 16.1. The van der Waals surface area contributed by atoms with E-state index >= 15 is 0 Å². The highest BCUT2D eigenvalue weighted by Crippen LogP contribution is 2.15. The summed E-state index contributed by atoms with van der Waals surface area (Å²) in [4.78, 5) is 14.0. The van der Waals surface area contributed by atoms with Gasteiger partial charge in [0.25, 0.3) is 0 Å². The molecule has 0 saturated carbocycles. The predicted molar refractivity (Wildman–Crippen MR) is 95.1 cm³/mol. The number of nitrogens with zero attached hydrogens (tertiary/aromatic N) is 1. The number of carbonyl (C=O) groups excluding carboxylic acids is 1. The number of hydrogen-bond donors (Lipinski definition) is 1. The molecule has 0 radical (unpaired) electrons. The second-order valence-corrected chi connectivity index (χ2v) is 7.20. The molecule has 142 valence electrons. The Hall–Kier alpha value is -0.850. The van der Waals surface area contributed by atoms with Crippen LogP contribution in [0.2, 0.25) is 0 Å². The van der Waals surface area contributed by atoms with E-state index in [0.717, 1.165) is 45.3 Å². The third-order valence-corrected chi connectivity index (χ3v) is 3.83. The average molecular weight is 344 g/mol. The molecule has 6 heteroatoms. The Morgan fingerprint density at radius 1 is 1.25 bits per heavy atom. The van der Waals surface area contributed by atoms with Gasteiger partial charge in [-0.3, -0.25) is 0 Å². The fraction of sp³-hybridized carbons (Fsp3) is 0.944. The molecule has 1 fully saturated rings. The summed E-state index contributed by atoms with van der Waals surface area (Å²) in [7, 11) is 0. The van der Waals surface area contributed by atoms with E-state index in [2.05, 4.69) is 5.32 Å². The first kappa shape index (κ1) is 21.2. The highest BCUT2D eigenvalue weighted by molar-refractivity contribution is 5.68. The lowest BCUT2D eigenvalue weighted by molar-refractivity contribution is -0.139. The summed E-state index contributed by atoms with van der Waals surface area (Å²) < 4.78 is 16.6. The van der Waals surface area contributed by atoms with Crippen LogP contribution in [0, 0.1) is 0 Å². The Bertz CT molecular complexity index is 351. The van der Waals surface area contributed by atoms with Crippen LogP contribution in [0.15, 0.2) is 0 Å². The SMILES string of the molecule is CCOC(CCCN[C@H]1CCCN(C(=O)OC(C)(C)C)C1)OCC. The van der Waals surface area contributed by atoms with E-state index in [4.69, 9.17) is 14.2 Å². The van der Waals surface area contributed by atoms with Gasteiger partial charge in [-0.1, -0.05) is 0 Å². The second kappa shape index (κ2) is 10.9. The Morgan fingerprint density at radius 3 is 2.50 bits per heavy atom. The fourth-order valence-electron chi connectivity index (χ4n) is 2.80. The fourth-order valence-corrected chi connectivity index (χ4v) is 2.80. The Balaban J connectivity index is 2.27. The van der Waals surface area contributed by atoms with Crippen LogP contribution in [0.3, 0.4) is 0 Å². The largest absolute Gasteiger partial charge is 0.444 e. The monoisotopic (exact) mass is 344 g/mol. The standard InChI is InChI=1S/C18H36N2O4/c1-6-22-16(23-7-2)11-8-12-19-15-10-9-13-20(14-15)17(21)24-18(3,4)5/h15-16,19H,6-14H2,1-5H3/t15-/m0/s1. The van der Waals surface area contributed by atoms with Gasteiger partial charge in [0.05, 0.1) is 0 Å². The molecule has 1 amide bonds. The highest BCUT2D eigenvalue weighted by Gasteiger charge is 2.27. The number of rotatable bonds is 9. The van der Waals surface area contributed by atoms with Crippen LogP contribution in [0.25, 0.3) is 0 Å². The van der Waals surface area contributed by atoms with Gasteiger partial charge in [0.2, 0.25) is 0 Å². The number of piperidine rings is 1. The Labute approximate surface area is 147 Å². The molecule has 0 bridgehead atoms. The van der Waals surface area contributed by atoms with Crippen LogP contribution in [0.5, 0.6) is 0 Å². The third-order valence-electron chi connectivity index (χ3n) is 3.83. The lowest BCUT2D eigenvalue weighted by atomic mass is 10.1. The van der Waals surface area contributed by atoms with E-state index in [1.165, 1.54) is 0 Å². The van der Waals surface area contributed by atoms with Crippen molar-refractivity contribution < 1.29 is 19.0 Å². The Morgan fingerprint density at radius 2 is 1.92 bits per heavy atom. The third kappa shape index (κ3) is 8.85. The first-order chi connectivity index (χ1) is 11.4. The lowest BCUT2D eigenvalue weighted by Gasteiger charge is -2.34. The molecule has 0 unspecified atom stereocenters. The number of likely N-dealkylation sites (tertiary alicyclic amines) is 1. The van der Waals surface area contributed by atoms with Crippen molar-refractivity contribution in [2.24, 2.45) is 0 Å². The van der Waals surface area contributed by atoms with E-state index in [1.807, 2.05) is 39.5 Å². The summed E-state index contributed by atoms with van der Waals surface area (Å²) >= 11 is 0. The summed E-state index contributed by atoms with van der Waals surface area (Å²) in [6, 6.07) is 0.337. The molecular formula is C18H36N2O4. The van der Waals surface area contributed by atoms with E-state index in [0.29, 0.717) is 19.3 Å². The molecule has 24 heavy (non-hydrogen) atoms. The maximum Gasteiger partial charge on any atom is 0.410 e. The van der Waals surface area contributed by atoms with Gasteiger partial charge in [-0.2, -0.15) is 0 Å². The zero-order chi connectivity index (χ0) is 18.0. The number of carbonyl (C=O) groups is 1. The van der Waals surface area contributed by atoms with Crippen molar-refractivity contribution in [2.45, 2.75) is 78.2 Å². The molecule has 0 aromatic carbocycles. The van der Waals surface area contributed by atoms with Crippen molar-refractivity contribution in [2.75, 3.05) is 32.8 Å². The summed E-state index contributed by atoms with van der Waals surface area (Å²) in [6.45, 7) is 13.4. The molecule has 1 saturated heterocycles. The normalized spacial score (nSPS) is 18.9. The van der Waals surface area contributed by atoms with Gasteiger partial charge in [0.15, 0.2) is 6.29 Å². The Kier molecular flexibility index (Phi) is 9.63. The van der Waals surface area contributed by atoms with Crippen molar-refractivity contribution in [3.05, 3.63) is 0 Å². The maximum absolute atomic E-state index is 12.2. The first-order valence-corrected chi connectivity index (χ1v) is 9.30. The summed E-state index contributed by atoms with van der Waals surface area (Å²) in [5.74, 6) is 0. The van der Waals surface area contributed by atoms with Gasteiger partial charge >= 0.3 is 6.09 Å². The summed E-state index contributed by atoms with van der Waals surface area (Å²) in [6.07, 6.45) is 3.68. The molecule has 1 rings (SSSR count). The minimum Gasteiger partial charge on any atom is -0.444 e. The van der Waals surface area contributed by atoms with Crippen LogP contribution in [-0.4, -0.2) is 61.8 Å². The molecule has 0 aromatic rings. The van der Waals surface area contributed by atoms with Crippen molar-refractivity contribution in [1.82, 2.24) is 10.2 Å². The van der Waals surface area contributed by atoms with Crippen LogP contribution < -0.4 is 5.32 Å². The van der Waals surface area contributed by atoms with Gasteiger partial charge < -0.3 is 24.4 Å². The number of hydrogen-bond acceptors (Lipinski definition) is 5. The van der Waals surface area contributed by atoms with Gasteiger partial charge in [0, 0.05) is 32.3 Å². The molecule has 6 nitrogen and oxygen atoms in total. The van der Waals surface area contributed by atoms with Crippen molar-refractivity contribution in [1.29, 1.82) is 0 Å². The second-order valence-electron chi connectivity index (χ2n) is 7.20. The van der Waals surface area contributed by atoms with E-state index in [1.54, 1.807) is 0 Å². The van der Waals surface area contributed by atoms with Gasteiger partial charge in [0.1, 0.15) is 5.60 Å². The molecule has 0 aromatic heterocycles. The minimum atomic E-state index is -0.439. The maximum atomic E-state index is 12.2. The average Bonchev–Trinajstić information content (AvgIpc) is 2.50. The zero-order valence-electron chi connectivity index (χ0n) is 16.1. The van der Waals surface area contributed by atoms with Crippen LogP contribution in [0.4, 0.5) is 4.79 Å². The number of amides is 1. The van der Waals surface area contributed by atoms with E-state index in [9.17, 15) is 4.79 Å². The smallest absolute Gasteiger partial charge is 0.410 e. The summed E-state index contributed by atoms with van der Waals surface area (Å²) in [5, 5.41) is 3.55. The topological polar surface area (TPSA) is 60.0 Å². The lowest BCUT2D eigenvalue weighted by Crippen LogP contribution is -2.49. The van der Waals surface area contributed by atoms with E-state index in [-0.39, 0.29) is 12.4 Å². The van der Waals surface area contributed by atoms with Gasteiger partial charge in [-0.15, -0.1) is 0 Å². The van der Waals surface area contributed by atoms with Crippen molar-refractivity contribution >= 4 is 6.09 Å². The van der Waals surface area contributed by atoms with Crippen molar-refractivity contribution in [3.63, 3.8) is 0 Å². The molecular weight excluding hydrogens is 308 g/mol. The van der Waals surface area contributed by atoms with Gasteiger partial charge in [-0.05, 0) is 66.8 Å². The van der Waals surface area contributed by atoms with Crippen molar-refractivity contribution in [3.8, 4) is 0 Å². The number of ether oxygens (including phenoxy) is 3. The molecule has 1 aliphatic heterocycles. The predicted octanol–water partition coefficient (Wildman–Crippen LogP) is 3.15. The number of nitrogens with one attached hydrogen (secondary N) is 1. The molecule has 1 aliphatic rings. The summed E-state index contributed by atoms with van der Waals surface area (Å²) in [5.41, 5.74) is -0.439. The molecule has 0 spiro atoms. The van der Waals surface area contributed by atoms with Crippen LogP contribution in [0.1, 0.15) is 60.3 Å². The first-order valence-electron chi connectivity index (χ1n) is 9.30. The molecule has 1 N–H and O–H groups in total.